The van der Waals surface area contributed by atoms with Gasteiger partial charge in [0.15, 0.2) is 0 Å². The zero-order valence-corrected chi connectivity index (χ0v) is 13.2. The van der Waals surface area contributed by atoms with Crippen molar-refractivity contribution >= 4 is 12.1 Å². The van der Waals surface area contributed by atoms with Gasteiger partial charge in [0.1, 0.15) is 13.2 Å². The number of ether oxygens (including phenoxy) is 2. The van der Waals surface area contributed by atoms with Crippen molar-refractivity contribution in [3.05, 3.63) is 71.8 Å². The summed E-state index contributed by atoms with van der Waals surface area (Å²) in [7, 11) is 0. The van der Waals surface area contributed by atoms with Crippen molar-refractivity contribution in [2.45, 2.75) is 19.1 Å². The fourth-order valence-corrected chi connectivity index (χ4v) is 2.71. The molecule has 2 aromatic carbocycles. The van der Waals surface area contributed by atoms with Crippen LogP contribution in [0.4, 0.5) is 4.79 Å². The van der Waals surface area contributed by atoms with E-state index in [2.05, 4.69) is 5.32 Å². The van der Waals surface area contributed by atoms with E-state index in [0.29, 0.717) is 6.42 Å². The van der Waals surface area contributed by atoms with Crippen LogP contribution in [0.15, 0.2) is 60.7 Å². The Morgan fingerprint density at radius 1 is 1.08 bits per heavy atom. The van der Waals surface area contributed by atoms with Gasteiger partial charge in [-0.2, -0.15) is 0 Å². The number of alkyl carbamates (subject to hydrolysis) is 1. The molecule has 1 fully saturated rings. The van der Waals surface area contributed by atoms with Crippen LogP contribution in [-0.4, -0.2) is 24.7 Å². The standard InChI is InChI=1S/C19H19NO4/c21-18(23-12-15-9-5-2-6-10-15)16(17-13-24-19(22)20-17)11-14-7-3-1-4-8-14/h1-10,16-17H,11-13H2,(H,20,22)/t16-,17-/m1/s1. The molecule has 0 saturated carbocycles. The number of hydrogen-bond donors (Lipinski definition) is 1. The second-order valence-electron chi connectivity index (χ2n) is 5.74. The Hall–Kier alpha value is -2.82. The first-order valence-electron chi connectivity index (χ1n) is 7.90. The second-order valence-corrected chi connectivity index (χ2v) is 5.74. The smallest absolute Gasteiger partial charge is 0.407 e. The molecule has 1 aliphatic rings. The van der Waals surface area contributed by atoms with Crippen molar-refractivity contribution in [2.75, 3.05) is 6.61 Å². The highest BCUT2D eigenvalue weighted by Crippen LogP contribution is 2.19. The average Bonchev–Trinajstić information content (AvgIpc) is 3.05. The summed E-state index contributed by atoms with van der Waals surface area (Å²) in [6.07, 6.45) is -0.00288. The minimum atomic E-state index is -0.492. The van der Waals surface area contributed by atoms with Gasteiger partial charge in [-0.3, -0.25) is 4.79 Å². The summed E-state index contributed by atoms with van der Waals surface area (Å²) in [5.74, 6) is -0.818. The molecular weight excluding hydrogens is 306 g/mol. The number of carbonyl (C=O) groups excluding carboxylic acids is 2. The van der Waals surface area contributed by atoms with E-state index in [1.807, 2.05) is 60.7 Å². The number of benzene rings is 2. The van der Waals surface area contributed by atoms with Gasteiger partial charge in [-0.05, 0) is 17.5 Å². The van der Waals surface area contributed by atoms with E-state index in [-0.39, 0.29) is 25.2 Å². The number of hydrogen-bond acceptors (Lipinski definition) is 4. The van der Waals surface area contributed by atoms with Crippen LogP contribution in [0.2, 0.25) is 0 Å². The zero-order valence-electron chi connectivity index (χ0n) is 13.2. The molecule has 1 amide bonds. The maximum Gasteiger partial charge on any atom is 0.407 e. The highest BCUT2D eigenvalue weighted by Gasteiger charge is 2.36. The number of amides is 1. The lowest BCUT2D eigenvalue weighted by Crippen LogP contribution is -2.40. The molecule has 0 radical (unpaired) electrons. The van der Waals surface area contributed by atoms with Crippen molar-refractivity contribution in [1.82, 2.24) is 5.32 Å². The quantitative estimate of drug-likeness (QED) is 0.830. The minimum absolute atomic E-state index is 0.177. The van der Waals surface area contributed by atoms with Crippen LogP contribution in [0.5, 0.6) is 0 Å². The Kier molecular flexibility index (Phi) is 5.11. The molecule has 0 unspecified atom stereocenters. The Bertz CT molecular complexity index is 687. The lowest BCUT2D eigenvalue weighted by molar-refractivity contribution is -0.150. The molecule has 1 heterocycles. The van der Waals surface area contributed by atoms with Crippen molar-refractivity contribution in [3.8, 4) is 0 Å². The summed E-state index contributed by atoms with van der Waals surface area (Å²) in [4.78, 5) is 23.9. The largest absolute Gasteiger partial charge is 0.461 e. The van der Waals surface area contributed by atoms with Gasteiger partial charge >= 0.3 is 12.1 Å². The van der Waals surface area contributed by atoms with E-state index in [4.69, 9.17) is 9.47 Å². The molecular formula is C19H19NO4. The molecule has 1 aliphatic heterocycles. The average molecular weight is 325 g/mol. The number of carbonyl (C=O) groups is 2. The first-order valence-corrected chi connectivity index (χ1v) is 7.90. The Labute approximate surface area is 140 Å². The van der Waals surface area contributed by atoms with Gasteiger partial charge in [0.2, 0.25) is 0 Å². The zero-order chi connectivity index (χ0) is 16.8. The number of nitrogens with one attached hydrogen (secondary N) is 1. The highest BCUT2D eigenvalue weighted by molar-refractivity contribution is 5.77. The molecule has 1 N–H and O–H groups in total. The molecule has 0 bridgehead atoms. The van der Waals surface area contributed by atoms with Crippen LogP contribution < -0.4 is 5.32 Å². The first-order chi connectivity index (χ1) is 11.7. The van der Waals surface area contributed by atoms with Crippen molar-refractivity contribution in [3.63, 3.8) is 0 Å². The van der Waals surface area contributed by atoms with Crippen molar-refractivity contribution < 1.29 is 19.1 Å². The van der Waals surface area contributed by atoms with E-state index >= 15 is 0 Å². The minimum Gasteiger partial charge on any atom is -0.461 e. The summed E-state index contributed by atoms with van der Waals surface area (Å²) in [6.45, 7) is 0.392. The molecule has 0 aromatic heterocycles. The SMILES string of the molecule is O=C1N[C@@H]([C@@H](Cc2ccccc2)C(=O)OCc2ccccc2)CO1. The predicted octanol–water partition coefficient (Wildman–Crippen LogP) is 2.70. The van der Waals surface area contributed by atoms with Crippen molar-refractivity contribution in [2.24, 2.45) is 5.92 Å². The van der Waals surface area contributed by atoms with Crippen LogP contribution in [-0.2, 0) is 27.3 Å². The first kappa shape index (κ1) is 16.1. The fraction of sp³-hybridized carbons (Fsp3) is 0.263. The molecule has 0 spiro atoms. The van der Waals surface area contributed by atoms with Crippen LogP contribution >= 0.6 is 0 Å². The van der Waals surface area contributed by atoms with Gasteiger partial charge < -0.3 is 14.8 Å². The number of rotatable bonds is 6. The maximum absolute atomic E-state index is 12.6. The molecule has 2 atom stereocenters. The van der Waals surface area contributed by atoms with E-state index in [9.17, 15) is 9.59 Å². The topological polar surface area (TPSA) is 64.6 Å². The fourth-order valence-electron chi connectivity index (χ4n) is 2.71. The van der Waals surface area contributed by atoms with Gasteiger partial charge in [0.05, 0.1) is 12.0 Å². The van der Waals surface area contributed by atoms with Gasteiger partial charge in [-0.15, -0.1) is 0 Å². The molecule has 2 aromatic rings. The van der Waals surface area contributed by atoms with Crippen LogP contribution in [0.25, 0.3) is 0 Å². The van der Waals surface area contributed by atoms with Gasteiger partial charge in [0.25, 0.3) is 0 Å². The lowest BCUT2D eigenvalue weighted by Gasteiger charge is -2.20. The summed E-state index contributed by atoms with van der Waals surface area (Å²) < 4.78 is 10.4. The van der Waals surface area contributed by atoms with Crippen LogP contribution in [0, 0.1) is 5.92 Å². The van der Waals surface area contributed by atoms with E-state index in [0.717, 1.165) is 11.1 Å². The molecule has 3 rings (SSSR count). The highest BCUT2D eigenvalue weighted by atomic mass is 16.6. The molecule has 1 saturated heterocycles. The number of esters is 1. The predicted molar refractivity (Wildman–Crippen MR) is 88.1 cm³/mol. The Morgan fingerprint density at radius 3 is 2.29 bits per heavy atom. The van der Waals surface area contributed by atoms with Crippen molar-refractivity contribution in [1.29, 1.82) is 0 Å². The van der Waals surface area contributed by atoms with Gasteiger partial charge in [-0.1, -0.05) is 60.7 Å². The summed E-state index contributed by atoms with van der Waals surface area (Å²) >= 11 is 0. The monoisotopic (exact) mass is 325 g/mol. The Balaban J connectivity index is 1.68. The number of cyclic esters (lactones) is 1. The van der Waals surface area contributed by atoms with Crippen LogP contribution in [0.3, 0.4) is 0 Å². The summed E-state index contributed by atoms with van der Waals surface area (Å²) in [6, 6.07) is 18.8. The Morgan fingerprint density at radius 2 is 1.71 bits per heavy atom. The molecule has 5 heteroatoms. The van der Waals surface area contributed by atoms with Gasteiger partial charge in [0, 0.05) is 0 Å². The summed E-state index contributed by atoms with van der Waals surface area (Å²) in [5.41, 5.74) is 1.94. The maximum atomic E-state index is 12.6. The normalized spacial score (nSPS) is 17.7. The third kappa shape index (κ3) is 4.13. The molecule has 24 heavy (non-hydrogen) atoms. The lowest BCUT2D eigenvalue weighted by atomic mass is 9.93. The van der Waals surface area contributed by atoms with E-state index < -0.39 is 12.0 Å². The molecule has 124 valence electrons. The molecule has 0 aliphatic carbocycles. The second kappa shape index (κ2) is 7.64. The molecule has 5 nitrogen and oxygen atoms in total. The summed E-state index contributed by atoms with van der Waals surface area (Å²) in [5, 5.41) is 2.69. The third-order valence-corrected chi connectivity index (χ3v) is 4.01. The third-order valence-electron chi connectivity index (χ3n) is 4.01. The van der Waals surface area contributed by atoms with E-state index in [1.165, 1.54) is 0 Å². The van der Waals surface area contributed by atoms with Crippen LogP contribution in [0.1, 0.15) is 11.1 Å². The van der Waals surface area contributed by atoms with Gasteiger partial charge in [-0.25, -0.2) is 4.79 Å². The van der Waals surface area contributed by atoms with E-state index in [1.54, 1.807) is 0 Å².